The Hall–Kier alpha value is -4.19. The highest BCUT2D eigenvalue weighted by atomic mass is 16.4. The number of para-hydroxylation sites is 1. The summed E-state index contributed by atoms with van der Waals surface area (Å²) >= 11 is 0. The van der Waals surface area contributed by atoms with Crippen molar-refractivity contribution in [2.45, 2.75) is 97.8 Å². The zero-order chi connectivity index (χ0) is 35.3. The number of carboxylic acid groups (broad SMARTS) is 2. The van der Waals surface area contributed by atoms with E-state index in [0.29, 0.717) is 0 Å². The minimum Gasteiger partial charge on any atom is -0.481 e. The van der Waals surface area contributed by atoms with E-state index in [0.717, 1.165) is 16.5 Å². The van der Waals surface area contributed by atoms with Crippen LogP contribution in [0.2, 0.25) is 0 Å². The standard InChI is InChI=1S/C34H51N5O7/c1-19(2)25(17-20(3)29(42)36-23(32(45)46)15-16-26(40)41)39(10)31(44)28(33(4,5)6)37-30(43)27(35)34(7,8)22-18-38(9)24-14-12-11-13-21(22)24/h11-14,17-19,23,25,27-28H,15-16,35H2,1-10H3,(H,36,42)(H,37,43)(H,40,41)(H,45,46)/b20-17+. The summed E-state index contributed by atoms with van der Waals surface area (Å²) in [6.07, 6.45) is 2.85. The molecule has 0 bridgehead atoms. The lowest BCUT2D eigenvalue weighted by Gasteiger charge is -2.39. The number of aryl methyl sites for hydroxylation is 1. The lowest BCUT2D eigenvalue weighted by molar-refractivity contribution is -0.142. The van der Waals surface area contributed by atoms with Gasteiger partial charge in [-0.3, -0.25) is 19.2 Å². The maximum absolute atomic E-state index is 14.1. The van der Waals surface area contributed by atoms with Crippen LogP contribution in [0.15, 0.2) is 42.1 Å². The number of carbonyl (C=O) groups excluding carboxylic acids is 3. The molecular weight excluding hydrogens is 590 g/mol. The van der Waals surface area contributed by atoms with Gasteiger partial charge >= 0.3 is 11.9 Å². The van der Waals surface area contributed by atoms with E-state index in [-0.39, 0.29) is 23.8 Å². The highest BCUT2D eigenvalue weighted by Gasteiger charge is 2.41. The molecule has 0 radical (unpaired) electrons. The number of carbonyl (C=O) groups is 5. The van der Waals surface area contributed by atoms with Gasteiger partial charge in [-0.1, -0.05) is 72.7 Å². The SMILES string of the molecule is C/C(=C\C(C(C)C)N(C)C(=O)C(NC(=O)C(N)C(C)(C)c1cn(C)c2ccccc12)C(C)(C)C)C(=O)NC(CCC(=O)O)C(=O)O. The van der Waals surface area contributed by atoms with Crippen LogP contribution >= 0.6 is 0 Å². The number of nitrogens with zero attached hydrogens (tertiary/aromatic N) is 2. The van der Waals surface area contributed by atoms with Gasteiger partial charge in [0, 0.05) is 48.6 Å². The molecule has 4 atom stereocenters. The molecule has 0 spiro atoms. The van der Waals surface area contributed by atoms with Crippen LogP contribution in [0, 0.1) is 11.3 Å². The van der Waals surface area contributed by atoms with Gasteiger partial charge in [-0.05, 0) is 36.3 Å². The van der Waals surface area contributed by atoms with Crippen molar-refractivity contribution in [2.75, 3.05) is 7.05 Å². The predicted octanol–water partition coefficient (Wildman–Crippen LogP) is 3.18. The van der Waals surface area contributed by atoms with Gasteiger partial charge in [0.1, 0.15) is 12.1 Å². The average Bonchev–Trinajstić information content (AvgIpc) is 3.31. The van der Waals surface area contributed by atoms with E-state index in [1.807, 2.05) is 90.5 Å². The van der Waals surface area contributed by atoms with Gasteiger partial charge < -0.3 is 36.0 Å². The molecule has 2 rings (SSSR count). The van der Waals surface area contributed by atoms with Crippen LogP contribution in [0.1, 0.15) is 73.8 Å². The summed E-state index contributed by atoms with van der Waals surface area (Å²) in [5, 5.41) is 24.6. The Morgan fingerprint density at radius 1 is 1.02 bits per heavy atom. The van der Waals surface area contributed by atoms with Gasteiger partial charge in [0.15, 0.2) is 0 Å². The van der Waals surface area contributed by atoms with E-state index in [1.54, 1.807) is 13.1 Å². The van der Waals surface area contributed by atoms with Crippen LogP contribution in [0.4, 0.5) is 0 Å². The molecular formula is C34H51N5O7. The molecule has 4 unspecified atom stereocenters. The Bertz CT molecular complexity index is 1480. The minimum absolute atomic E-state index is 0.162. The van der Waals surface area contributed by atoms with Gasteiger partial charge in [0.25, 0.3) is 0 Å². The lowest BCUT2D eigenvalue weighted by atomic mass is 9.77. The second-order valence-corrected chi connectivity index (χ2v) is 14.0. The van der Waals surface area contributed by atoms with Gasteiger partial charge in [-0.25, -0.2) is 4.79 Å². The molecule has 3 amide bonds. The van der Waals surface area contributed by atoms with E-state index in [2.05, 4.69) is 10.6 Å². The highest BCUT2D eigenvalue weighted by molar-refractivity contribution is 5.96. The van der Waals surface area contributed by atoms with E-state index in [1.165, 1.54) is 11.8 Å². The van der Waals surface area contributed by atoms with E-state index in [9.17, 15) is 29.1 Å². The highest BCUT2D eigenvalue weighted by Crippen LogP contribution is 2.34. The number of nitrogens with one attached hydrogen (secondary N) is 2. The Labute approximate surface area is 271 Å². The summed E-state index contributed by atoms with van der Waals surface area (Å²) in [5.41, 5.74) is 7.22. The summed E-state index contributed by atoms with van der Waals surface area (Å²) < 4.78 is 1.99. The molecule has 1 aromatic carbocycles. The van der Waals surface area contributed by atoms with Crippen LogP contribution in [-0.2, 0) is 36.4 Å². The Kier molecular flexibility index (Phi) is 12.3. The van der Waals surface area contributed by atoms with Crippen molar-refractivity contribution in [1.82, 2.24) is 20.1 Å². The molecule has 6 N–H and O–H groups in total. The van der Waals surface area contributed by atoms with Crippen LogP contribution < -0.4 is 16.4 Å². The largest absolute Gasteiger partial charge is 0.481 e. The van der Waals surface area contributed by atoms with Crippen molar-refractivity contribution in [2.24, 2.45) is 24.1 Å². The van der Waals surface area contributed by atoms with Crippen molar-refractivity contribution in [3.05, 3.63) is 47.7 Å². The first-order valence-electron chi connectivity index (χ1n) is 15.4. The predicted molar refractivity (Wildman–Crippen MR) is 177 cm³/mol. The van der Waals surface area contributed by atoms with E-state index < -0.39 is 65.2 Å². The number of aromatic nitrogens is 1. The molecule has 0 fully saturated rings. The second kappa shape index (κ2) is 14.9. The Morgan fingerprint density at radius 2 is 1.61 bits per heavy atom. The Balaban J connectivity index is 2.32. The molecule has 0 saturated heterocycles. The van der Waals surface area contributed by atoms with Crippen LogP contribution in [0.25, 0.3) is 10.9 Å². The zero-order valence-corrected chi connectivity index (χ0v) is 28.7. The zero-order valence-electron chi connectivity index (χ0n) is 28.7. The first-order chi connectivity index (χ1) is 21.1. The molecule has 12 nitrogen and oxygen atoms in total. The van der Waals surface area contributed by atoms with Crippen molar-refractivity contribution in [3.63, 3.8) is 0 Å². The molecule has 254 valence electrons. The summed E-state index contributed by atoms with van der Waals surface area (Å²) in [6, 6.07) is 3.95. The molecule has 0 aliphatic rings. The first kappa shape index (κ1) is 38.0. The molecule has 0 aliphatic heterocycles. The van der Waals surface area contributed by atoms with Crippen LogP contribution in [0.3, 0.4) is 0 Å². The molecule has 12 heteroatoms. The number of hydrogen-bond donors (Lipinski definition) is 5. The monoisotopic (exact) mass is 641 g/mol. The summed E-state index contributed by atoms with van der Waals surface area (Å²) in [4.78, 5) is 64.7. The quantitative estimate of drug-likeness (QED) is 0.195. The minimum atomic E-state index is -1.38. The number of nitrogens with two attached hydrogens (primary N) is 1. The maximum Gasteiger partial charge on any atom is 0.326 e. The first-order valence-corrected chi connectivity index (χ1v) is 15.4. The van der Waals surface area contributed by atoms with Crippen molar-refractivity contribution in [3.8, 4) is 0 Å². The number of carboxylic acids is 2. The fraction of sp³-hybridized carbons (Fsp3) is 0.559. The van der Waals surface area contributed by atoms with E-state index in [4.69, 9.17) is 10.8 Å². The summed E-state index contributed by atoms with van der Waals surface area (Å²) in [5.74, 6) is -4.24. The number of hydrogen-bond acceptors (Lipinski definition) is 6. The van der Waals surface area contributed by atoms with E-state index >= 15 is 0 Å². The third kappa shape index (κ3) is 8.96. The normalized spacial score (nSPS) is 15.2. The Morgan fingerprint density at radius 3 is 2.13 bits per heavy atom. The maximum atomic E-state index is 14.1. The fourth-order valence-electron chi connectivity index (χ4n) is 5.46. The molecule has 2 aromatic rings. The van der Waals surface area contributed by atoms with Gasteiger partial charge in [-0.2, -0.15) is 0 Å². The third-order valence-corrected chi connectivity index (χ3v) is 8.56. The second-order valence-electron chi connectivity index (χ2n) is 14.0. The molecule has 1 heterocycles. The summed E-state index contributed by atoms with van der Waals surface area (Å²) in [7, 11) is 3.53. The van der Waals surface area contributed by atoms with Crippen LogP contribution in [-0.4, -0.2) is 80.6 Å². The van der Waals surface area contributed by atoms with Crippen molar-refractivity contribution < 1.29 is 34.2 Å². The number of likely N-dealkylation sites (N-methyl/N-ethyl adjacent to an activating group) is 1. The number of fused-ring (bicyclic) bond motifs is 1. The van der Waals surface area contributed by atoms with Gasteiger partial charge in [0.2, 0.25) is 17.7 Å². The third-order valence-electron chi connectivity index (χ3n) is 8.56. The number of aliphatic carboxylic acids is 2. The van der Waals surface area contributed by atoms with Crippen LogP contribution in [0.5, 0.6) is 0 Å². The summed E-state index contributed by atoms with van der Waals surface area (Å²) in [6.45, 7) is 14.6. The molecule has 0 aliphatic carbocycles. The number of amides is 3. The van der Waals surface area contributed by atoms with Crippen molar-refractivity contribution in [1.29, 1.82) is 0 Å². The van der Waals surface area contributed by atoms with Gasteiger partial charge in [-0.15, -0.1) is 0 Å². The lowest BCUT2D eigenvalue weighted by Crippen LogP contribution is -2.61. The fourth-order valence-corrected chi connectivity index (χ4v) is 5.46. The smallest absolute Gasteiger partial charge is 0.326 e. The molecule has 1 aromatic heterocycles. The number of benzene rings is 1. The molecule has 0 saturated carbocycles. The van der Waals surface area contributed by atoms with Gasteiger partial charge in [0.05, 0.1) is 12.1 Å². The average molecular weight is 642 g/mol. The topological polar surface area (TPSA) is 184 Å². The molecule has 46 heavy (non-hydrogen) atoms. The number of rotatable bonds is 14. The van der Waals surface area contributed by atoms with Crippen molar-refractivity contribution >= 4 is 40.6 Å².